The molecule has 2 aliphatic rings. The van der Waals surface area contributed by atoms with Crippen LogP contribution in [0.5, 0.6) is 0 Å². The summed E-state index contributed by atoms with van der Waals surface area (Å²) in [6.45, 7) is 11.1. The van der Waals surface area contributed by atoms with Crippen LogP contribution in [0.15, 0.2) is 0 Å². The second-order valence-electron chi connectivity index (χ2n) is 5.67. The van der Waals surface area contributed by atoms with Crippen molar-refractivity contribution in [3.63, 3.8) is 0 Å². The van der Waals surface area contributed by atoms with Gasteiger partial charge >= 0.3 is 0 Å². The minimum absolute atomic E-state index is 0.390. The molecule has 17 heavy (non-hydrogen) atoms. The van der Waals surface area contributed by atoms with Crippen molar-refractivity contribution in [2.24, 2.45) is 5.73 Å². The molecule has 4 nitrogen and oxygen atoms in total. The Morgan fingerprint density at radius 2 is 1.88 bits per heavy atom. The van der Waals surface area contributed by atoms with Gasteiger partial charge in [0.25, 0.3) is 0 Å². The highest BCUT2D eigenvalue weighted by Gasteiger charge is 2.24. The van der Waals surface area contributed by atoms with E-state index in [0.29, 0.717) is 18.2 Å². The van der Waals surface area contributed by atoms with Crippen molar-refractivity contribution in [3.05, 3.63) is 0 Å². The first-order chi connectivity index (χ1) is 8.15. The maximum absolute atomic E-state index is 5.92. The highest BCUT2D eigenvalue weighted by Crippen LogP contribution is 2.12. The van der Waals surface area contributed by atoms with Crippen LogP contribution in [-0.2, 0) is 4.74 Å². The first-order valence-electron chi connectivity index (χ1n) is 6.98. The van der Waals surface area contributed by atoms with Gasteiger partial charge in [-0.15, -0.1) is 0 Å². The Hall–Kier alpha value is -0.160. The van der Waals surface area contributed by atoms with E-state index in [2.05, 4.69) is 23.6 Å². The number of morpholine rings is 1. The molecule has 2 saturated heterocycles. The maximum atomic E-state index is 5.92. The summed E-state index contributed by atoms with van der Waals surface area (Å²) in [6.07, 6.45) is 2.71. The van der Waals surface area contributed by atoms with Gasteiger partial charge in [-0.05, 0) is 39.8 Å². The monoisotopic (exact) mass is 241 g/mol. The second kappa shape index (κ2) is 6.14. The molecule has 2 fully saturated rings. The molecule has 100 valence electrons. The number of nitrogens with zero attached hydrogens (tertiary/aromatic N) is 2. The van der Waals surface area contributed by atoms with Gasteiger partial charge < -0.3 is 15.4 Å². The molecule has 0 saturated carbocycles. The molecule has 2 heterocycles. The molecule has 0 radical (unpaired) electrons. The van der Waals surface area contributed by atoms with Crippen LogP contribution in [0, 0.1) is 0 Å². The van der Waals surface area contributed by atoms with Crippen molar-refractivity contribution in [1.82, 2.24) is 9.80 Å². The van der Waals surface area contributed by atoms with E-state index in [0.717, 1.165) is 26.0 Å². The quantitative estimate of drug-likeness (QED) is 0.782. The zero-order chi connectivity index (χ0) is 12.3. The molecule has 0 amide bonds. The van der Waals surface area contributed by atoms with Gasteiger partial charge in [0.05, 0.1) is 12.7 Å². The zero-order valence-electron chi connectivity index (χ0n) is 11.3. The molecule has 2 aliphatic heterocycles. The summed E-state index contributed by atoms with van der Waals surface area (Å²) in [6, 6.07) is 1.01. The molecule has 0 aromatic heterocycles. The molecule has 4 heteroatoms. The van der Waals surface area contributed by atoms with Crippen molar-refractivity contribution < 1.29 is 4.74 Å². The predicted molar refractivity (Wildman–Crippen MR) is 70.1 cm³/mol. The van der Waals surface area contributed by atoms with E-state index in [4.69, 9.17) is 10.5 Å². The summed E-state index contributed by atoms with van der Waals surface area (Å²) in [4.78, 5) is 5.11. The Morgan fingerprint density at radius 3 is 2.59 bits per heavy atom. The number of nitrogens with two attached hydrogens (primary N) is 1. The Bertz CT molecular complexity index is 229. The van der Waals surface area contributed by atoms with Gasteiger partial charge in [0.1, 0.15) is 0 Å². The van der Waals surface area contributed by atoms with Crippen LogP contribution >= 0.6 is 0 Å². The van der Waals surface area contributed by atoms with Gasteiger partial charge in [0.2, 0.25) is 0 Å². The first-order valence-corrected chi connectivity index (χ1v) is 6.98. The fourth-order valence-electron chi connectivity index (χ4n) is 2.73. The van der Waals surface area contributed by atoms with Crippen molar-refractivity contribution in [3.8, 4) is 0 Å². The average molecular weight is 241 g/mol. The number of likely N-dealkylation sites (tertiary alicyclic amines) is 1. The Morgan fingerprint density at radius 1 is 1.18 bits per heavy atom. The third kappa shape index (κ3) is 3.91. The van der Waals surface area contributed by atoms with Gasteiger partial charge in [0, 0.05) is 31.7 Å². The fraction of sp³-hybridized carbons (Fsp3) is 1.00. The number of ether oxygens (including phenoxy) is 1. The zero-order valence-corrected chi connectivity index (χ0v) is 11.3. The van der Waals surface area contributed by atoms with Crippen LogP contribution in [-0.4, -0.2) is 67.3 Å². The summed E-state index contributed by atoms with van der Waals surface area (Å²) >= 11 is 0. The summed E-state index contributed by atoms with van der Waals surface area (Å²) in [7, 11) is 0. The standard InChI is InChI=1S/C13H27N3O/c1-11-10-17-12(2)9-16(11)8-7-15-5-3-13(14)4-6-15/h11-13H,3-10,14H2,1-2H3. The molecule has 0 bridgehead atoms. The normalized spacial score (nSPS) is 34.1. The van der Waals surface area contributed by atoms with E-state index >= 15 is 0 Å². The van der Waals surface area contributed by atoms with Crippen LogP contribution in [0.1, 0.15) is 26.7 Å². The topological polar surface area (TPSA) is 41.7 Å². The van der Waals surface area contributed by atoms with Crippen molar-refractivity contribution >= 4 is 0 Å². The van der Waals surface area contributed by atoms with Gasteiger partial charge in [0.15, 0.2) is 0 Å². The van der Waals surface area contributed by atoms with E-state index in [1.165, 1.54) is 26.2 Å². The third-order valence-electron chi connectivity index (χ3n) is 4.07. The Kier molecular flexibility index (Phi) is 4.79. The van der Waals surface area contributed by atoms with Crippen LogP contribution in [0.3, 0.4) is 0 Å². The minimum atomic E-state index is 0.390. The van der Waals surface area contributed by atoms with E-state index in [9.17, 15) is 0 Å². The maximum Gasteiger partial charge on any atom is 0.0674 e. The lowest BCUT2D eigenvalue weighted by molar-refractivity contribution is -0.0518. The summed E-state index contributed by atoms with van der Waals surface area (Å²) in [5.41, 5.74) is 5.92. The Balaban J connectivity index is 1.70. The van der Waals surface area contributed by atoms with Crippen molar-refractivity contribution in [2.75, 3.05) is 39.3 Å². The molecule has 2 unspecified atom stereocenters. The largest absolute Gasteiger partial charge is 0.376 e. The lowest BCUT2D eigenvalue weighted by Gasteiger charge is -2.38. The van der Waals surface area contributed by atoms with E-state index in [-0.39, 0.29) is 0 Å². The van der Waals surface area contributed by atoms with Gasteiger partial charge in [-0.1, -0.05) is 0 Å². The highest BCUT2D eigenvalue weighted by molar-refractivity contribution is 4.78. The molecule has 2 N–H and O–H groups in total. The molecular formula is C13H27N3O. The van der Waals surface area contributed by atoms with Gasteiger partial charge in [-0.25, -0.2) is 0 Å². The van der Waals surface area contributed by atoms with Gasteiger partial charge in [-0.2, -0.15) is 0 Å². The summed E-state index contributed by atoms with van der Waals surface area (Å²) in [5.74, 6) is 0. The number of hydrogen-bond acceptors (Lipinski definition) is 4. The van der Waals surface area contributed by atoms with Crippen LogP contribution < -0.4 is 5.73 Å². The minimum Gasteiger partial charge on any atom is -0.376 e. The summed E-state index contributed by atoms with van der Waals surface area (Å²) < 4.78 is 5.65. The van der Waals surface area contributed by atoms with Crippen LogP contribution in [0.2, 0.25) is 0 Å². The van der Waals surface area contributed by atoms with E-state index in [1.54, 1.807) is 0 Å². The SMILES string of the molecule is CC1CN(CCN2CCC(N)CC2)C(C)CO1. The van der Waals surface area contributed by atoms with E-state index < -0.39 is 0 Å². The number of piperidine rings is 1. The van der Waals surface area contributed by atoms with Gasteiger partial charge in [-0.3, -0.25) is 4.90 Å². The van der Waals surface area contributed by atoms with Crippen molar-refractivity contribution in [2.45, 2.75) is 44.9 Å². The molecule has 2 rings (SSSR count). The number of rotatable bonds is 3. The first kappa shape index (κ1) is 13.3. The van der Waals surface area contributed by atoms with Crippen molar-refractivity contribution in [1.29, 1.82) is 0 Å². The third-order valence-corrected chi connectivity index (χ3v) is 4.07. The lowest BCUT2D eigenvalue weighted by Crippen LogP contribution is -2.50. The lowest BCUT2D eigenvalue weighted by atomic mass is 10.1. The van der Waals surface area contributed by atoms with Crippen LogP contribution in [0.4, 0.5) is 0 Å². The Labute approximate surface area is 105 Å². The molecule has 0 aromatic rings. The molecule has 0 aromatic carbocycles. The molecule has 2 atom stereocenters. The number of hydrogen-bond donors (Lipinski definition) is 1. The molecular weight excluding hydrogens is 214 g/mol. The molecule has 0 aliphatic carbocycles. The fourth-order valence-corrected chi connectivity index (χ4v) is 2.73. The smallest absolute Gasteiger partial charge is 0.0674 e. The van der Waals surface area contributed by atoms with Crippen LogP contribution in [0.25, 0.3) is 0 Å². The predicted octanol–water partition coefficient (Wildman–Crippen LogP) is 0.519. The summed E-state index contributed by atoms with van der Waals surface area (Å²) in [5, 5.41) is 0. The molecule has 0 spiro atoms. The second-order valence-corrected chi connectivity index (χ2v) is 5.67. The average Bonchev–Trinajstić information content (AvgIpc) is 2.32. The highest BCUT2D eigenvalue weighted by atomic mass is 16.5. The van der Waals surface area contributed by atoms with E-state index in [1.807, 2.05) is 0 Å².